The predicted octanol–water partition coefficient (Wildman–Crippen LogP) is -3.76. The van der Waals surface area contributed by atoms with Crippen molar-refractivity contribution in [2.75, 3.05) is 30.9 Å². The van der Waals surface area contributed by atoms with Gasteiger partial charge in [-0.2, -0.15) is 0 Å². The minimum absolute atomic E-state index is 0.138. The molecule has 0 spiro atoms. The first-order valence-corrected chi connectivity index (χ1v) is 5.54. The fourth-order valence-electron chi connectivity index (χ4n) is 0.758. The third-order valence-electron chi connectivity index (χ3n) is 1.19. The Morgan fingerprint density at radius 3 is 2.67 bits per heavy atom. The van der Waals surface area contributed by atoms with Crippen LogP contribution in [0.1, 0.15) is 0 Å². The fourth-order valence-corrected chi connectivity index (χ4v) is 2.39. The molecule has 1 aliphatic heterocycles. The van der Waals surface area contributed by atoms with Gasteiger partial charge in [0.05, 0.1) is 0 Å². The zero-order valence-corrected chi connectivity index (χ0v) is 7.50. The van der Waals surface area contributed by atoms with Gasteiger partial charge in [0.1, 0.15) is 0 Å². The molecule has 0 aromatic heterocycles. The van der Waals surface area contributed by atoms with Gasteiger partial charge in [0, 0.05) is 0 Å². The quantitative estimate of drug-likeness (QED) is 0.234. The number of morpholine rings is 1. The van der Waals surface area contributed by atoms with E-state index in [1.54, 1.807) is 0 Å². The van der Waals surface area contributed by atoms with Crippen LogP contribution >= 0.6 is 0 Å². The van der Waals surface area contributed by atoms with Gasteiger partial charge in [-0.05, 0) is 0 Å². The summed E-state index contributed by atoms with van der Waals surface area (Å²) >= 11 is 0.138. The van der Waals surface area contributed by atoms with Crippen molar-refractivity contribution in [2.24, 2.45) is 5.73 Å². The summed E-state index contributed by atoms with van der Waals surface area (Å²) in [6.45, 7) is 4.01. The van der Waals surface area contributed by atoms with Crippen molar-refractivity contribution >= 4 is 0 Å². The molecule has 56 valence electrons. The number of nitrogens with two attached hydrogens (primary N) is 1. The van der Waals surface area contributed by atoms with Crippen LogP contribution in [0.5, 0.6) is 0 Å². The average Bonchev–Trinajstić information content (AvgIpc) is 1.91. The van der Waals surface area contributed by atoms with Gasteiger partial charge in [-0.3, -0.25) is 0 Å². The van der Waals surface area contributed by atoms with Gasteiger partial charge in [-0.25, -0.2) is 0 Å². The molecule has 0 saturated carbocycles. The third kappa shape index (κ3) is 2.79. The van der Waals surface area contributed by atoms with Gasteiger partial charge < -0.3 is 0 Å². The van der Waals surface area contributed by atoms with Crippen LogP contribution in [-0.4, -0.2) is 34.0 Å². The van der Waals surface area contributed by atoms with E-state index in [1.807, 2.05) is 0 Å². The molecule has 1 fully saturated rings. The molecule has 0 radical (unpaired) electrons. The SMILES string of the molecule is NC[I-]N1CCOCC1. The number of hydrogen-bond donors (Lipinski definition) is 1. The number of ether oxygens (including phenoxy) is 1. The van der Waals surface area contributed by atoms with Crippen molar-refractivity contribution in [3.05, 3.63) is 0 Å². The molecule has 1 saturated heterocycles. The van der Waals surface area contributed by atoms with Crippen LogP contribution < -0.4 is 27.2 Å². The number of hydrogen-bond acceptors (Lipinski definition) is 3. The summed E-state index contributed by atoms with van der Waals surface area (Å²) in [4.78, 5) is 0. The third-order valence-corrected chi connectivity index (χ3v) is 3.52. The van der Waals surface area contributed by atoms with E-state index in [4.69, 9.17) is 10.5 Å². The van der Waals surface area contributed by atoms with Gasteiger partial charge in [-0.1, -0.05) is 0 Å². The molecule has 4 heteroatoms. The van der Waals surface area contributed by atoms with Crippen molar-refractivity contribution in [1.29, 1.82) is 0 Å². The second kappa shape index (κ2) is 4.43. The topological polar surface area (TPSA) is 38.5 Å². The summed E-state index contributed by atoms with van der Waals surface area (Å²) in [6, 6.07) is 0. The average molecular weight is 243 g/mol. The van der Waals surface area contributed by atoms with E-state index in [1.165, 1.54) is 0 Å². The summed E-state index contributed by atoms with van der Waals surface area (Å²) in [6.07, 6.45) is 0. The van der Waals surface area contributed by atoms with E-state index < -0.39 is 0 Å². The van der Waals surface area contributed by atoms with E-state index in [2.05, 4.69) is 3.11 Å². The molecule has 0 aromatic carbocycles. The molecular formula is C5H12IN2O-. The van der Waals surface area contributed by atoms with E-state index in [-0.39, 0.29) is 21.5 Å². The Bertz CT molecular complexity index is 72.6. The van der Waals surface area contributed by atoms with Crippen molar-refractivity contribution in [3.63, 3.8) is 0 Å². The van der Waals surface area contributed by atoms with Gasteiger partial charge in [-0.15, -0.1) is 0 Å². The molecule has 1 aliphatic rings. The normalized spacial score (nSPS) is 22.8. The number of rotatable bonds is 2. The first-order valence-electron chi connectivity index (χ1n) is 3.05. The van der Waals surface area contributed by atoms with Crippen LogP contribution in [0.25, 0.3) is 0 Å². The molecule has 0 aromatic rings. The summed E-state index contributed by atoms with van der Waals surface area (Å²) in [5.41, 5.74) is 5.43. The molecular weight excluding hydrogens is 231 g/mol. The van der Waals surface area contributed by atoms with Crippen molar-refractivity contribution < 1.29 is 26.2 Å². The molecule has 0 atom stereocenters. The van der Waals surface area contributed by atoms with Crippen LogP contribution in [0.4, 0.5) is 0 Å². The van der Waals surface area contributed by atoms with Crippen molar-refractivity contribution in [2.45, 2.75) is 0 Å². The molecule has 1 heterocycles. The zero-order valence-electron chi connectivity index (χ0n) is 5.35. The van der Waals surface area contributed by atoms with Crippen LogP contribution in [0.15, 0.2) is 0 Å². The predicted molar refractivity (Wildman–Crippen MR) is 31.4 cm³/mol. The standard InChI is InChI=1S/C5H12IN2O/c7-5-6-8-1-3-9-4-2-8/h1-5,7H2/q-1. The Morgan fingerprint density at radius 2 is 2.11 bits per heavy atom. The van der Waals surface area contributed by atoms with Crippen LogP contribution in [0.3, 0.4) is 0 Å². The Kier molecular flexibility index (Phi) is 3.80. The second-order valence-electron chi connectivity index (χ2n) is 1.80. The van der Waals surface area contributed by atoms with Gasteiger partial charge in [0.2, 0.25) is 0 Å². The van der Waals surface area contributed by atoms with E-state index in [0.29, 0.717) is 0 Å². The second-order valence-corrected chi connectivity index (χ2v) is 4.72. The molecule has 0 unspecified atom stereocenters. The van der Waals surface area contributed by atoms with Crippen LogP contribution in [-0.2, 0) is 4.74 Å². The number of alkyl halides is 1. The summed E-state index contributed by atoms with van der Waals surface area (Å²) < 4.78 is 8.49. The van der Waals surface area contributed by atoms with Crippen LogP contribution in [0, 0.1) is 0 Å². The van der Waals surface area contributed by atoms with Crippen molar-refractivity contribution in [1.82, 2.24) is 3.11 Å². The molecule has 2 N–H and O–H groups in total. The first-order chi connectivity index (χ1) is 4.43. The maximum absolute atomic E-state index is 5.43. The van der Waals surface area contributed by atoms with E-state index in [9.17, 15) is 0 Å². The Balaban J connectivity index is 2.08. The Morgan fingerprint density at radius 1 is 1.44 bits per heavy atom. The Hall–Kier alpha value is 0.610. The molecule has 3 nitrogen and oxygen atoms in total. The van der Waals surface area contributed by atoms with Gasteiger partial charge in [0.15, 0.2) is 0 Å². The minimum atomic E-state index is 0.138. The number of halogens is 1. The summed E-state index contributed by atoms with van der Waals surface area (Å²) in [5, 5.41) is 0. The Labute approximate surface area is 66.1 Å². The molecule has 1 rings (SSSR count). The van der Waals surface area contributed by atoms with Gasteiger partial charge >= 0.3 is 65.9 Å². The van der Waals surface area contributed by atoms with Gasteiger partial charge in [0.25, 0.3) is 0 Å². The van der Waals surface area contributed by atoms with Crippen LogP contribution in [0.2, 0.25) is 0 Å². The maximum atomic E-state index is 5.43. The fraction of sp³-hybridized carbons (Fsp3) is 1.00. The summed E-state index contributed by atoms with van der Waals surface area (Å²) in [7, 11) is 0. The van der Waals surface area contributed by atoms with E-state index in [0.717, 1.165) is 30.9 Å². The van der Waals surface area contributed by atoms with E-state index >= 15 is 0 Å². The molecule has 9 heavy (non-hydrogen) atoms. The zero-order chi connectivity index (χ0) is 6.53. The molecule has 0 amide bonds. The monoisotopic (exact) mass is 243 g/mol. The number of nitrogens with zero attached hydrogens (tertiary/aromatic N) is 1. The first kappa shape index (κ1) is 7.71. The van der Waals surface area contributed by atoms with Crippen molar-refractivity contribution in [3.8, 4) is 0 Å². The molecule has 0 aliphatic carbocycles. The molecule has 0 bridgehead atoms. The summed E-state index contributed by atoms with van der Waals surface area (Å²) in [5.74, 6) is 0.